The van der Waals surface area contributed by atoms with Crippen molar-refractivity contribution in [3.63, 3.8) is 0 Å². The van der Waals surface area contributed by atoms with Gasteiger partial charge in [0.2, 0.25) is 0 Å². The first-order chi connectivity index (χ1) is 5.81. The minimum atomic E-state index is -0.541. The summed E-state index contributed by atoms with van der Waals surface area (Å²) in [6, 6.07) is 0. The number of halogens is 1. The lowest BCUT2D eigenvalue weighted by molar-refractivity contribution is 0.253. The molecule has 2 nitrogen and oxygen atoms in total. The van der Waals surface area contributed by atoms with E-state index in [2.05, 4.69) is 22.9 Å². The smallest absolute Gasteiger partial charge is 0.427 e. The fraction of sp³-hybridized carbons (Fsp3) is 1.00. The van der Waals surface area contributed by atoms with Crippen molar-refractivity contribution in [2.24, 2.45) is 0 Å². The summed E-state index contributed by atoms with van der Waals surface area (Å²) >= 11 is 3.34. The molecule has 0 heterocycles. The summed E-state index contributed by atoms with van der Waals surface area (Å²) in [7, 11) is -0.541. The summed E-state index contributed by atoms with van der Waals surface area (Å²) in [4.78, 5) is 0. The van der Waals surface area contributed by atoms with Crippen molar-refractivity contribution in [1.82, 2.24) is 0 Å². The molecule has 0 atom stereocenters. The van der Waals surface area contributed by atoms with Crippen LogP contribution in [0.1, 0.15) is 32.6 Å². The zero-order chi connectivity index (χ0) is 9.23. The van der Waals surface area contributed by atoms with Gasteiger partial charge in [-0.1, -0.05) is 35.7 Å². The van der Waals surface area contributed by atoms with Gasteiger partial charge in [0, 0.05) is 11.9 Å². The summed E-state index contributed by atoms with van der Waals surface area (Å²) < 4.78 is 5.18. The van der Waals surface area contributed by atoms with E-state index in [-0.39, 0.29) is 0 Å². The monoisotopic (exact) mass is 236 g/mol. The molecule has 0 aliphatic heterocycles. The Bertz CT molecular complexity index is 93.1. The molecule has 0 amide bonds. The maximum Gasteiger partial charge on any atom is 0.454 e. The van der Waals surface area contributed by atoms with Gasteiger partial charge in [0.25, 0.3) is 0 Å². The van der Waals surface area contributed by atoms with Crippen molar-refractivity contribution in [2.75, 3.05) is 11.9 Å². The highest BCUT2D eigenvalue weighted by atomic mass is 79.9. The Labute approximate surface area is 84.0 Å². The molecular formula is C8H18BBrO2. The van der Waals surface area contributed by atoms with Gasteiger partial charge >= 0.3 is 7.12 Å². The lowest BCUT2D eigenvalue weighted by Crippen LogP contribution is -2.17. The molecule has 0 fully saturated rings. The Balaban J connectivity index is 3.02. The van der Waals surface area contributed by atoms with Crippen molar-refractivity contribution in [1.29, 1.82) is 0 Å². The first-order valence-electron chi connectivity index (χ1n) is 4.67. The van der Waals surface area contributed by atoms with Crippen molar-refractivity contribution < 1.29 is 9.68 Å². The first kappa shape index (κ1) is 12.5. The molecule has 0 bridgehead atoms. The number of hydrogen-bond donors (Lipinski definition) is 1. The Morgan fingerprint density at radius 3 is 2.67 bits per heavy atom. The molecule has 0 aromatic rings. The topological polar surface area (TPSA) is 29.5 Å². The molecule has 0 rings (SSSR count). The van der Waals surface area contributed by atoms with Crippen LogP contribution < -0.4 is 0 Å². The van der Waals surface area contributed by atoms with Crippen molar-refractivity contribution in [3.8, 4) is 0 Å². The van der Waals surface area contributed by atoms with Crippen LogP contribution in [0.25, 0.3) is 0 Å². The molecule has 0 radical (unpaired) electrons. The van der Waals surface area contributed by atoms with Gasteiger partial charge in [0.05, 0.1) is 0 Å². The fourth-order valence-electron chi connectivity index (χ4n) is 0.878. The summed E-state index contributed by atoms with van der Waals surface area (Å²) in [5, 5.41) is 10.3. The predicted octanol–water partition coefficient (Wildman–Crippen LogP) is 2.46. The van der Waals surface area contributed by atoms with Crippen LogP contribution in [-0.4, -0.2) is 24.1 Å². The highest BCUT2D eigenvalue weighted by Crippen LogP contribution is 2.01. The third kappa shape index (κ3) is 8.56. The zero-order valence-corrected chi connectivity index (χ0v) is 9.35. The van der Waals surface area contributed by atoms with Gasteiger partial charge in [-0.2, -0.15) is 0 Å². The van der Waals surface area contributed by atoms with E-state index in [9.17, 15) is 5.02 Å². The maximum atomic E-state index is 9.25. The average molecular weight is 237 g/mol. The van der Waals surface area contributed by atoms with Crippen molar-refractivity contribution in [3.05, 3.63) is 0 Å². The predicted molar refractivity (Wildman–Crippen MR) is 56.7 cm³/mol. The summed E-state index contributed by atoms with van der Waals surface area (Å²) in [5.41, 5.74) is 0. The second-order valence-electron chi connectivity index (χ2n) is 2.86. The Hall–Kier alpha value is 0.465. The molecule has 4 heteroatoms. The van der Waals surface area contributed by atoms with Crippen LogP contribution in [0, 0.1) is 0 Å². The SMILES string of the molecule is CCCCB(O)OCCCCBr. The fourth-order valence-corrected chi connectivity index (χ4v) is 1.27. The molecule has 0 unspecified atom stereocenters. The van der Waals surface area contributed by atoms with Gasteiger partial charge in [-0.05, 0) is 19.2 Å². The molecule has 12 heavy (non-hydrogen) atoms. The first-order valence-corrected chi connectivity index (χ1v) is 5.79. The van der Waals surface area contributed by atoms with Gasteiger partial charge in [-0.3, -0.25) is 0 Å². The molecule has 0 saturated carbocycles. The van der Waals surface area contributed by atoms with Crippen LogP contribution >= 0.6 is 15.9 Å². The number of hydrogen-bond acceptors (Lipinski definition) is 2. The highest BCUT2D eigenvalue weighted by molar-refractivity contribution is 9.09. The summed E-state index contributed by atoms with van der Waals surface area (Å²) in [6.45, 7) is 2.79. The second-order valence-corrected chi connectivity index (χ2v) is 3.66. The minimum absolute atomic E-state index is 0.541. The van der Waals surface area contributed by atoms with Crippen LogP contribution in [0.4, 0.5) is 0 Å². The summed E-state index contributed by atoms with van der Waals surface area (Å²) in [6.07, 6.45) is 5.06. The van der Waals surface area contributed by atoms with E-state index in [1.54, 1.807) is 0 Å². The van der Waals surface area contributed by atoms with Crippen LogP contribution in [0.5, 0.6) is 0 Å². The Morgan fingerprint density at radius 2 is 2.08 bits per heavy atom. The molecule has 0 saturated heterocycles. The van der Waals surface area contributed by atoms with E-state index < -0.39 is 7.12 Å². The van der Waals surface area contributed by atoms with E-state index in [4.69, 9.17) is 4.65 Å². The quantitative estimate of drug-likeness (QED) is 0.399. The van der Waals surface area contributed by atoms with Gasteiger partial charge < -0.3 is 9.68 Å². The molecule has 1 N–H and O–H groups in total. The molecular weight excluding hydrogens is 219 g/mol. The molecule has 0 aromatic carbocycles. The average Bonchev–Trinajstić information content (AvgIpc) is 2.09. The minimum Gasteiger partial charge on any atom is -0.427 e. The zero-order valence-electron chi connectivity index (χ0n) is 7.76. The highest BCUT2D eigenvalue weighted by Gasteiger charge is 2.10. The van der Waals surface area contributed by atoms with E-state index in [0.29, 0.717) is 6.61 Å². The molecule has 0 aliphatic carbocycles. The maximum absolute atomic E-state index is 9.25. The van der Waals surface area contributed by atoms with Crippen LogP contribution in [0.3, 0.4) is 0 Å². The van der Waals surface area contributed by atoms with E-state index in [1.165, 1.54) is 0 Å². The molecule has 0 aromatic heterocycles. The number of rotatable bonds is 8. The van der Waals surface area contributed by atoms with E-state index in [1.807, 2.05) is 0 Å². The van der Waals surface area contributed by atoms with E-state index >= 15 is 0 Å². The molecule has 0 spiro atoms. The lowest BCUT2D eigenvalue weighted by Gasteiger charge is -2.06. The second kappa shape index (κ2) is 9.55. The Morgan fingerprint density at radius 1 is 1.33 bits per heavy atom. The molecule has 72 valence electrons. The molecule has 0 aliphatic rings. The van der Waals surface area contributed by atoms with Crippen LogP contribution in [0.2, 0.25) is 6.32 Å². The largest absolute Gasteiger partial charge is 0.454 e. The standard InChI is InChI=1S/C8H18BBrO2/c1-2-3-6-9(11)12-8-5-4-7-10/h11H,2-8H2,1H3. The third-order valence-electron chi connectivity index (χ3n) is 1.64. The number of alkyl halides is 1. The van der Waals surface area contributed by atoms with Gasteiger partial charge in [0.15, 0.2) is 0 Å². The van der Waals surface area contributed by atoms with Crippen molar-refractivity contribution >= 4 is 23.0 Å². The van der Waals surface area contributed by atoms with Crippen LogP contribution in [-0.2, 0) is 4.65 Å². The summed E-state index contributed by atoms with van der Waals surface area (Å²) in [5.74, 6) is 0. The lowest BCUT2D eigenvalue weighted by atomic mass is 9.83. The van der Waals surface area contributed by atoms with Gasteiger partial charge in [0.1, 0.15) is 0 Å². The van der Waals surface area contributed by atoms with Crippen molar-refractivity contribution in [2.45, 2.75) is 38.9 Å². The number of unbranched alkanes of at least 4 members (excludes halogenated alkanes) is 2. The third-order valence-corrected chi connectivity index (χ3v) is 2.20. The van der Waals surface area contributed by atoms with Crippen LogP contribution in [0.15, 0.2) is 0 Å². The Kier molecular flexibility index (Phi) is 9.92. The van der Waals surface area contributed by atoms with Gasteiger partial charge in [-0.25, -0.2) is 0 Å². The van der Waals surface area contributed by atoms with E-state index in [0.717, 1.165) is 37.3 Å². The normalized spacial score (nSPS) is 10.2. The van der Waals surface area contributed by atoms with Gasteiger partial charge in [-0.15, -0.1) is 0 Å².